The number of nitrogen functional groups attached to an aromatic ring is 2. The van der Waals surface area contributed by atoms with Crippen LogP contribution in [0.5, 0.6) is 0 Å². The number of halogens is 1. The summed E-state index contributed by atoms with van der Waals surface area (Å²) in [7, 11) is -1.71. The fourth-order valence-electron chi connectivity index (χ4n) is 5.15. The Labute approximate surface area is 261 Å². The Morgan fingerprint density at radius 1 is 1.13 bits per heavy atom. The Hall–Kier alpha value is -2.72. The molecule has 0 bridgehead atoms. The van der Waals surface area contributed by atoms with E-state index in [1.165, 1.54) is 24.3 Å². The molecule has 3 unspecified atom stereocenters. The van der Waals surface area contributed by atoms with E-state index in [9.17, 15) is 19.1 Å². The molecule has 0 aliphatic carbocycles. The number of methoxy groups -OCH3 is 1. The predicted octanol–water partition coefficient (Wildman–Crippen LogP) is 0.680. The van der Waals surface area contributed by atoms with E-state index >= 15 is 4.39 Å². The van der Waals surface area contributed by atoms with Crippen LogP contribution in [0, 0.1) is 0 Å². The Morgan fingerprint density at radius 3 is 2.60 bits per heavy atom. The van der Waals surface area contributed by atoms with Gasteiger partial charge >= 0.3 is 19.8 Å². The van der Waals surface area contributed by atoms with Crippen LogP contribution in [-0.4, -0.2) is 94.8 Å². The highest BCUT2D eigenvalue weighted by Crippen LogP contribution is 2.51. The van der Waals surface area contributed by atoms with Crippen molar-refractivity contribution in [1.82, 2.24) is 34.1 Å². The van der Waals surface area contributed by atoms with E-state index in [4.69, 9.17) is 51.1 Å². The smallest absolute Gasteiger partial charge is 0.382 e. The molecule has 6 heterocycles. The van der Waals surface area contributed by atoms with Crippen molar-refractivity contribution in [2.45, 2.75) is 49.5 Å². The maximum atomic E-state index is 15.1. The summed E-state index contributed by atoms with van der Waals surface area (Å²) in [4.78, 5) is 53.0. The van der Waals surface area contributed by atoms with Crippen molar-refractivity contribution in [2.24, 2.45) is 0 Å². The second kappa shape index (κ2) is 12.8. The molecule has 4 aromatic heterocycles. The number of alkyl halides is 1. The van der Waals surface area contributed by atoms with Gasteiger partial charge in [0.25, 0.3) is 0 Å². The van der Waals surface area contributed by atoms with Gasteiger partial charge in [0.1, 0.15) is 59.8 Å². The Bertz CT molecular complexity index is 1850. The number of hydrogen-bond acceptors (Lipinski definition) is 17. The summed E-state index contributed by atoms with van der Waals surface area (Å²) in [5.41, 5.74) is 12.4. The third-order valence-electron chi connectivity index (χ3n) is 7.06. The van der Waals surface area contributed by atoms with Gasteiger partial charge in [0, 0.05) is 18.1 Å². The lowest BCUT2D eigenvalue weighted by molar-refractivity contribution is -0.0511. The van der Waals surface area contributed by atoms with E-state index < -0.39 is 69.5 Å². The summed E-state index contributed by atoms with van der Waals surface area (Å²) < 4.78 is 62.7. The number of anilines is 2. The zero-order valence-corrected chi connectivity index (χ0v) is 26.4. The minimum absolute atomic E-state index is 0.0491. The van der Waals surface area contributed by atoms with Crippen LogP contribution in [0.4, 0.5) is 16.0 Å². The van der Waals surface area contributed by atoms with Crippen molar-refractivity contribution in [3.05, 3.63) is 28.6 Å². The van der Waals surface area contributed by atoms with Crippen molar-refractivity contribution in [1.29, 1.82) is 0 Å². The summed E-state index contributed by atoms with van der Waals surface area (Å²) in [6, 6.07) is 0. The van der Waals surface area contributed by atoms with Crippen LogP contribution in [0.3, 0.4) is 0 Å². The number of ether oxygens (including phenoxy) is 3. The normalized spacial score (nSPS) is 28.6. The Kier molecular flexibility index (Phi) is 9.18. The van der Waals surface area contributed by atoms with Crippen LogP contribution in [-0.2, 0) is 44.2 Å². The Balaban J connectivity index is 1.21. The van der Waals surface area contributed by atoms with E-state index in [1.807, 2.05) is 0 Å². The lowest BCUT2D eigenvalue weighted by Crippen LogP contribution is -2.38. The fraction of sp³-hybridized carbons (Fsp3) is 0.524. The molecule has 2 fully saturated rings. The largest absolute Gasteiger partial charge is 0.694 e. The maximum Gasteiger partial charge on any atom is 0.694 e. The second-order valence-corrected chi connectivity index (χ2v) is 14.3. The van der Waals surface area contributed by atoms with Crippen molar-refractivity contribution < 1.29 is 46.5 Å². The number of thiazole rings is 1. The highest BCUT2D eigenvalue weighted by molar-refractivity contribution is 8.07. The molecule has 0 amide bonds. The molecule has 6 N–H and O–H groups in total. The molecule has 0 aromatic carbocycles. The van der Waals surface area contributed by atoms with E-state index in [2.05, 4.69) is 24.9 Å². The van der Waals surface area contributed by atoms with E-state index in [0.717, 1.165) is 22.2 Å². The minimum Gasteiger partial charge on any atom is -0.382 e. The van der Waals surface area contributed by atoms with Crippen molar-refractivity contribution in [3.8, 4) is 0 Å². The molecular weight excluding hydrogens is 683 g/mol. The van der Waals surface area contributed by atoms with Gasteiger partial charge in [-0.15, -0.1) is 9.42 Å². The number of nitrogens with zero attached hydrogens (tertiary/aromatic N) is 7. The van der Waals surface area contributed by atoms with Crippen LogP contribution in [0.25, 0.3) is 21.5 Å². The molecule has 9 atom stereocenters. The van der Waals surface area contributed by atoms with Gasteiger partial charge in [-0.1, -0.05) is 11.3 Å². The van der Waals surface area contributed by atoms with Crippen LogP contribution in [0.1, 0.15) is 18.9 Å². The average molecular weight is 709 g/mol. The fourth-order valence-corrected chi connectivity index (χ4v) is 7.72. The standard InChI is InChI=1S/C21H24FN9O10P2S2/c1-36-12-10(4-37-42(33)34)40-20(31-18-14(45-21(31)32)16(24)26-6-28-18)13(12)41-43(35,44)38-3-8-2-9(22)19(39-8)30-7-29-11-15(23)25-5-27-17(11)30/h5-10,12-13,19-20H,2-4H2,1H3,(H5-,23,24,25,26,27,28,33,34,35,44)/p+1/t8-,9+,10+,12?,13+,19+,20+,43?/m0/s1. The molecule has 6 rings (SSSR count). The van der Waals surface area contributed by atoms with E-state index in [-0.39, 0.29) is 46.2 Å². The number of rotatable bonds is 11. The third-order valence-corrected chi connectivity index (χ3v) is 9.95. The number of imidazole rings is 1. The molecule has 4 aromatic rings. The van der Waals surface area contributed by atoms with E-state index in [1.54, 1.807) is 0 Å². The molecule has 0 radical (unpaired) electrons. The van der Waals surface area contributed by atoms with E-state index in [0.29, 0.717) is 0 Å². The number of fused-ring (bicyclic) bond motifs is 2. The van der Waals surface area contributed by atoms with Gasteiger partial charge in [-0.3, -0.25) is 18.5 Å². The summed E-state index contributed by atoms with van der Waals surface area (Å²) in [5, 5.41) is 0. The third kappa shape index (κ3) is 6.33. The lowest BCUT2D eigenvalue weighted by Gasteiger charge is -2.27. The molecule has 0 saturated carbocycles. The summed E-state index contributed by atoms with van der Waals surface area (Å²) >= 11 is 6.02. The maximum absolute atomic E-state index is 15.1. The first kappa shape index (κ1) is 32.2. The van der Waals surface area contributed by atoms with Gasteiger partial charge in [-0.05, 0) is 11.8 Å². The molecular formula is C21H25FN9O10P2S2+. The zero-order valence-electron chi connectivity index (χ0n) is 22.9. The summed E-state index contributed by atoms with van der Waals surface area (Å²) in [6.45, 7) is -5.00. The van der Waals surface area contributed by atoms with Crippen molar-refractivity contribution >= 4 is 71.3 Å². The highest BCUT2D eigenvalue weighted by atomic mass is 32.5. The van der Waals surface area contributed by atoms with Crippen molar-refractivity contribution in [2.75, 3.05) is 31.8 Å². The van der Waals surface area contributed by atoms with Crippen molar-refractivity contribution in [3.63, 3.8) is 0 Å². The quantitative estimate of drug-likeness (QED) is 0.156. The van der Waals surface area contributed by atoms with Gasteiger partial charge in [-0.2, -0.15) is 0 Å². The SMILES string of the molecule is COC1[C@@H](OP(O)(=S)OC[C@@H]2C[C@@H](F)[C@H](n3cnc4c(N)ncnc43)O2)[C@H](n2c(=O)sc3c(N)ncnc32)O[C@@H]1CO[P+](=O)O. The first-order valence-corrected chi connectivity index (χ1v) is 17.5. The number of aromatic nitrogens is 7. The summed E-state index contributed by atoms with van der Waals surface area (Å²) in [5.74, 6) is 0.175. The van der Waals surface area contributed by atoms with Crippen LogP contribution in [0.15, 0.2) is 23.8 Å². The lowest BCUT2D eigenvalue weighted by atomic mass is 10.1. The number of nitrogens with two attached hydrogens (primary N) is 2. The van der Waals surface area contributed by atoms with Crippen LogP contribution in [0.2, 0.25) is 0 Å². The molecule has 2 aliphatic heterocycles. The monoisotopic (exact) mass is 708 g/mol. The average Bonchev–Trinajstić information content (AvgIpc) is 3.74. The van der Waals surface area contributed by atoms with Crippen LogP contribution >= 0.6 is 26.3 Å². The van der Waals surface area contributed by atoms with Gasteiger partial charge in [0.15, 0.2) is 29.6 Å². The highest BCUT2D eigenvalue weighted by Gasteiger charge is 2.51. The second-order valence-electron chi connectivity index (χ2n) is 9.77. The molecule has 242 valence electrons. The number of hydrogen-bond donors (Lipinski definition) is 4. The molecule has 24 heteroatoms. The van der Waals surface area contributed by atoms with Gasteiger partial charge in [0.05, 0.1) is 19.0 Å². The molecule has 45 heavy (non-hydrogen) atoms. The molecule has 0 spiro atoms. The topological polar surface area (TPSA) is 256 Å². The first-order valence-electron chi connectivity index (χ1n) is 12.9. The minimum atomic E-state index is -4.18. The van der Waals surface area contributed by atoms with Gasteiger partial charge in [0.2, 0.25) is 0 Å². The van der Waals surface area contributed by atoms with Crippen LogP contribution < -0.4 is 16.3 Å². The molecule has 19 nitrogen and oxygen atoms in total. The summed E-state index contributed by atoms with van der Waals surface area (Å²) in [6.07, 6.45) is -4.70. The van der Waals surface area contributed by atoms with Gasteiger partial charge in [-0.25, -0.2) is 29.3 Å². The zero-order chi connectivity index (χ0) is 32.0. The predicted molar refractivity (Wildman–Crippen MR) is 157 cm³/mol. The Morgan fingerprint density at radius 2 is 1.87 bits per heavy atom. The van der Waals surface area contributed by atoms with Gasteiger partial charge < -0.3 is 35.1 Å². The molecule has 2 saturated heterocycles. The first-order chi connectivity index (χ1) is 21.5. The molecule has 2 aliphatic rings.